The van der Waals surface area contributed by atoms with E-state index in [4.69, 9.17) is 5.11 Å². The maximum atomic E-state index is 10.6. The molecule has 4 nitrogen and oxygen atoms in total. The molecule has 0 aliphatic carbocycles. The lowest BCUT2D eigenvalue weighted by Gasteiger charge is -2.36. The Labute approximate surface area is 78.0 Å². The molecule has 0 spiro atoms. The Morgan fingerprint density at radius 3 is 2.31 bits per heavy atom. The van der Waals surface area contributed by atoms with Crippen LogP contribution in [0.3, 0.4) is 0 Å². The molecule has 1 fully saturated rings. The van der Waals surface area contributed by atoms with Gasteiger partial charge in [-0.1, -0.05) is 20.8 Å². The fraction of sp³-hybridized carbons (Fsp3) is 0.889. The van der Waals surface area contributed by atoms with Crippen LogP contribution < -0.4 is 5.32 Å². The van der Waals surface area contributed by atoms with Gasteiger partial charge in [0.05, 0.1) is 5.60 Å². The Morgan fingerprint density at radius 2 is 2.08 bits per heavy atom. The highest BCUT2D eigenvalue weighted by molar-refractivity contribution is 5.74. The van der Waals surface area contributed by atoms with E-state index in [1.165, 1.54) is 0 Å². The summed E-state index contributed by atoms with van der Waals surface area (Å²) in [7, 11) is 0. The van der Waals surface area contributed by atoms with Gasteiger partial charge in [0.15, 0.2) is 0 Å². The van der Waals surface area contributed by atoms with Crippen LogP contribution in [-0.2, 0) is 4.79 Å². The first-order valence-electron chi connectivity index (χ1n) is 4.45. The molecule has 1 rings (SSSR count). The highest BCUT2D eigenvalue weighted by atomic mass is 16.4. The number of carboxylic acid groups (broad SMARTS) is 1. The second-order valence-corrected chi connectivity index (χ2v) is 4.76. The topological polar surface area (TPSA) is 69.6 Å². The summed E-state index contributed by atoms with van der Waals surface area (Å²) in [6.45, 7) is 6.10. The Balaban J connectivity index is 2.72. The van der Waals surface area contributed by atoms with Crippen LogP contribution >= 0.6 is 0 Å². The summed E-state index contributed by atoms with van der Waals surface area (Å²) in [5.74, 6) is -0.889. The summed E-state index contributed by atoms with van der Waals surface area (Å²) in [4.78, 5) is 10.6. The molecule has 0 saturated carbocycles. The van der Waals surface area contributed by atoms with E-state index in [-0.39, 0.29) is 11.8 Å². The van der Waals surface area contributed by atoms with Crippen molar-refractivity contribution in [1.29, 1.82) is 0 Å². The zero-order chi connectivity index (χ0) is 10.3. The van der Waals surface area contributed by atoms with Crippen molar-refractivity contribution in [2.45, 2.75) is 38.8 Å². The molecular formula is C9H17NO3. The van der Waals surface area contributed by atoms with Crippen molar-refractivity contribution in [2.75, 3.05) is 6.54 Å². The van der Waals surface area contributed by atoms with Crippen LogP contribution in [-0.4, -0.2) is 34.4 Å². The molecule has 1 unspecified atom stereocenters. The fourth-order valence-corrected chi connectivity index (χ4v) is 1.52. The van der Waals surface area contributed by atoms with Gasteiger partial charge < -0.3 is 15.5 Å². The zero-order valence-corrected chi connectivity index (χ0v) is 8.29. The molecule has 1 aliphatic rings. The van der Waals surface area contributed by atoms with Gasteiger partial charge in [0.25, 0.3) is 0 Å². The van der Waals surface area contributed by atoms with Gasteiger partial charge >= 0.3 is 5.97 Å². The van der Waals surface area contributed by atoms with Crippen molar-refractivity contribution < 1.29 is 15.0 Å². The lowest BCUT2D eigenvalue weighted by Crippen LogP contribution is -2.44. The van der Waals surface area contributed by atoms with Gasteiger partial charge in [0.1, 0.15) is 6.04 Å². The summed E-state index contributed by atoms with van der Waals surface area (Å²) in [5.41, 5.74) is -1.19. The summed E-state index contributed by atoms with van der Waals surface area (Å²) in [6, 6.07) is -0.607. The molecule has 76 valence electrons. The molecule has 3 N–H and O–H groups in total. The van der Waals surface area contributed by atoms with Crippen molar-refractivity contribution in [3.05, 3.63) is 0 Å². The summed E-state index contributed by atoms with van der Waals surface area (Å²) in [6.07, 6.45) is 0.284. The van der Waals surface area contributed by atoms with Crippen LogP contribution in [0.25, 0.3) is 0 Å². The monoisotopic (exact) mass is 187 g/mol. The zero-order valence-electron chi connectivity index (χ0n) is 8.29. The molecule has 0 aromatic carbocycles. The summed E-state index contributed by atoms with van der Waals surface area (Å²) >= 11 is 0. The number of nitrogens with one attached hydrogen (secondary N) is 1. The molecule has 1 saturated heterocycles. The Morgan fingerprint density at radius 1 is 1.54 bits per heavy atom. The second kappa shape index (κ2) is 2.96. The van der Waals surface area contributed by atoms with Gasteiger partial charge in [-0.3, -0.25) is 4.79 Å². The molecule has 4 heteroatoms. The number of aliphatic carboxylic acids is 1. The van der Waals surface area contributed by atoms with Gasteiger partial charge in [0, 0.05) is 13.0 Å². The van der Waals surface area contributed by atoms with Crippen LogP contribution in [0.15, 0.2) is 0 Å². The molecule has 13 heavy (non-hydrogen) atoms. The van der Waals surface area contributed by atoms with Crippen molar-refractivity contribution in [3.8, 4) is 0 Å². The van der Waals surface area contributed by atoms with Crippen molar-refractivity contribution in [3.63, 3.8) is 0 Å². The van der Waals surface area contributed by atoms with E-state index < -0.39 is 17.6 Å². The predicted octanol–water partition coefficient (Wildman–Crippen LogP) is 0.210. The first-order valence-corrected chi connectivity index (χ1v) is 4.45. The highest BCUT2D eigenvalue weighted by Gasteiger charge is 2.47. The number of hydrogen-bond acceptors (Lipinski definition) is 3. The number of aliphatic hydroxyl groups is 1. The number of carbonyl (C=O) groups is 1. The quantitative estimate of drug-likeness (QED) is 0.549. The third-order valence-corrected chi connectivity index (χ3v) is 2.88. The molecule has 2 atom stereocenters. The molecule has 1 aliphatic heterocycles. The van der Waals surface area contributed by atoms with Crippen LogP contribution in [0.4, 0.5) is 0 Å². The minimum atomic E-state index is -0.907. The summed E-state index contributed by atoms with van der Waals surface area (Å²) < 4.78 is 0. The SMILES string of the molecule is CC(C)(C)C1(O)CN[C@H](C(=O)O)C1. The minimum absolute atomic E-state index is 0.284. The van der Waals surface area contributed by atoms with Crippen molar-refractivity contribution in [2.24, 2.45) is 5.41 Å². The molecule has 0 radical (unpaired) electrons. The van der Waals surface area contributed by atoms with Crippen LogP contribution in [0, 0.1) is 5.41 Å². The van der Waals surface area contributed by atoms with E-state index in [2.05, 4.69) is 5.32 Å². The van der Waals surface area contributed by atoms with E-state index in [0.717, 1.165) is 0 Å². The largest absolute Gasteiger partial charge is 0.480 e. The van der Waals surface area contributed by atoms with Gasteiger partial charge in [-0.15, -0.1) is 0 Å². The lowest BCUT2D eigenvalue weighted by atomic mass is 9.75. The lowest BCUT2D eigenvalue weighted by molar-refractivity contribution is -0.139. The third-order valence-electron chi connectivity index (χ3n) is 2.88. The average Bonchev–Trinajstić information content (AvgIpc) is 2.31. The third kappa shape index (κ3) is 1.84. The first-order chi connectivity index (χ1) is 5.76. The number of rotatable bonds is 1. The number of hydrogen-bond donors (Lipinski definition) is 3. The fourth-order valence-electron chi connectivity index (χ4n) is 1.52. The maximum Gasteiger partial charge on any atom is 0.320 e. The second-order valence-electron chi connectivity index (χ2n) is 4.76. The van der Waals surface area contributed by atoms with E-state index in [1.54, 1.807) is 0 Å². The highest BCUT2D eigenvalue weighted by Crippen LogP contribution is 2.36. The Bertz CT molecular complexity index is 221. The molecule has 0 aromatic heterocycles. The van der Waals surface area contributed by atoms with Crippen molar-refractivity contribution >= 4 is 5.97 Å². The van der Waals surface area contributed by atoms with E-state index in [0.29, 0.717) is 6.54 Å². The molecule has 0 aromatic rings. The van der Waals surface area contributed by atoms with Crippen LogP contribution in [0.5, 0.6) is 0 Å². The van der Waals surface area contributed by atoms with Gasteiger partial charge in [-0.25, -0.2) is 0 Å². The summed E-state index contributed by atoms with van der Waals surface area (Å²) in [5, 5.41) is 21.7. The smallest absolute Gasteiger partial charge is 0.320 e. The van der Waals surface area contributed by atoms with E-state index >= 15 is 0 Å². The van der Waals surface area contributed by atoms with Crippen LogP contribution in [0.2, 0.25) is 0 Å². The van der Waals surface area contributed by atoms with Crippen molar-refractivity contribution in [1.82, 2.24) is 5.32 Å². The van der Waals surface area contributed by atoms with Gasteiger partial charge in [0.2, 0.25) is 0 Å². The van der Waals surface area contributed by atoms with E-state index in [1.807, 2.05) is 20.8 Å². The predicted molar refractivity (Wildman–Crippen MR) is 48.4 cm³/mol. The standard InChI is InChI=1S/C9H17NO3/c1-8(2,3)9(13)4-6(7(11)12)10-5-9/h6,10,13H,4-5H2,1-3H3,(H,11,12)/t6-,9?/m0/s1. The average molecular weight is 187 g/mol. The molecule has 0 bridgehead atoms. The first kappa shape index (κ1) is 10.5. The molecule has 1 heterocycles. The molecular weight excluding hydrogens is 170 g/mol. The molecule has 0 amide bonds. The van der Waals surface area contributed by atoms with Gasteiger partial charge in [-0.05, 0) is 5.41 Å². The minimum Gasteiger partial charge on any atom is -0.480 e. The Hall–Kier alpha value is -0.610. The maximum absolute atomic E-state index is 10.6. The van der Waals surface area contributed by atoms with E-state index in [9.17, 15) is 9.90 Å². The Kier molecular flexibility index (Phi) is 2.38. The number of β-amino-alcohol motifs (C(OH)–C–C–N with tert-alkyl or cyclic N) is 1. The number of carboxylic acids is 1. The van der Waals surface area contributed by atoms with Gasteiger partial charge in [-0.2, -0.15) is 0 Å². The van der Waals surface area contributed by atoms with Crippen LogP contribution in [0.1, 0.15) is 27.2 Å². The normalized spacial score (nSPS) is 34.9.